The molecule has 7 heteroatoms. The Labute approximate surface area is 206 Å². The minimum Gasteiger partial charge on any atom is -0.481 e. The molecule has 7 nitrogen and oxygen atoms in total. The Hall–Kier alpha value is -3.35. The Morgan fingerprint density at radius 1 is 1.06 bits per heavy atom. The molecule has 2 aliphatic rings. The molecule has 1 saturated heterocycles. The van der Waals surface area contributed by atoms with E-state index in [0.717, 1.165) is 22.3 Å². The first-order valence-electron chi connectivity index (χ1n) is 12.2. The highest BCUT2D eigenvalue weighted by Crippen LogP contribution is 2.44. The summed E-state index contributed by atoms with van der Waals surface area (Å²) in [7, 11) is 0. The lowest BCUT2D eigenvalue weighted by molar-refractivity contribution is -0.149. The standard InChI is InChI=1S/C28H34N2O5/c1-17-15-18(26(32)33)13-14-30(17)25(31)24(28(2,3)4)29-27(34)35-16-23-21-11-7-5-9-19(21)20-10-6-8-12-22(20)23/h5-12,17-18,23-24H,13-16H2,1-4H3,(H,29,34)(H,32,33)/t17-,18-,24+/m0/s1. The lowest BCUT2D eigenvalue weighted by atomic mass is 9.84. The third kappa shape index (κ3) is 5.04. The largest absolute Gasteiger partial charge is 0.481 e. The Bertz CT molecular complexity index is 1080. The summed E-state index contributed by atoms with van der Waals surface area (Å²) < 4.78 is 5.68. The van der Waals surface area contributed by atoms with Crippen molar-refractivity contribution in [2.45, 2.75) is 58.5 Å². The summed E-state index contributed by atoms with van der Waals surface area (Å²) in [6.07, 6.45) is 0.184. The van der Waals surface area contributed by atoms with Gasteiger partial charge in [-0.15, -0.1) is 0 Å². The summed E-state index contributed by atoms with van der Waals surface area (Å²) in [4.78, 5) is 39.4. The number of ether oxygens (including phenoxy) is 1. The molecule has 1 aliphatic heterocycles. The number of alkyl carbamates (subject to hydrolysis) is 1. The third-order valence-electron chi connectivity index (χ3n) is 7.23. The summed E-state index contributed by atoms with van der Waals surface area (Å²) >= 11 is 0. The van der Waals surface area contributed by atoms with Crippen molar-refractivity contribution in [3.8, 4) is 11.1 Å². The molecule has 2 aromatic carbocycles. The zero-order valence-electron chi connectivity index (χ0n) is 20.8. The number of carboxylic acids is 1. The number of hydrogen-bond acceptors (Lipinski definition) is 4. The van der Waals surface area contributed by atoms with Gasteiger partial charge in [0.25, 0.3) is 0 Å². The number of hydrogen-bond donors (Lipinski definition) is 2. The number of nitrogens with one attached hydrogen (secondary N) is 1. The second-order valence-electron chi connectivity index (χ2n) is 10.7. The van der Waals surface area contributed by atoms with Crippen molar-refractivity contribution in [1.29, 1.82) is 0 Å². The van der Waals surface area contributed by atoms with Crippen molar-refractivity contribution < 1.29 is 24.2 Å². The van der Waals surface area contributed by atoms with Crippen molar-refractivity contribution in [1.82, 2.24) is 10.2 Å². The Kier molecular flexibility index (Phi) is 6.88. The van der Waals surface area contributed by atoms with Crippen LogP contribution in [0.1, 0.15) is 57.6 Å². The van der Waals surface area contributed by atoms with Crippen LogP contribution in [-0.2, 0) is 14.3 Å². The fourth-order valence-electron chi connectivity index (χ4n) is 5.30. The van der Waals surface area contributed by atoms with Gasteiger partial charge in [0.05, 0.1) is 5.92 Å². The minimum absolute atomic E-state index is 0.0630. The number of benzene rings is 2. The van der Waals surface area contributed by atoms with Gasteiger partial charge < -0.3 is 20.1 Å². The number of aliphatic carboxylic acids is 1. The summed E-state index contributed by atoms with van der Waals surface area (Å²) in [5, 5.41) is 12.1. The molecular formula is C28H34N2O5. The molecule has 0 aromatic heterocycles. The smallest absolute Gasteiger partial charge is 0.407 e. The van der Waals surface area contributed by atoms with Crippen molar-refractivity contribution in [2.24, 2.45) is 11.3 Å². The maximum absolute atomic E-state index is 13.5. The average Bonchev–Trinajstić information content (AvgIpc) is 3.13. The first-order chi connectivity index (χ1) is 16.6. The van der Waals surface area contributed by atoms with Crippen LogP contribution in [0.5, 0.6) is 0 Å². The Balaban J connectivity index is 1.44. The van der Waals surface area contributed by atoms with Crippen LogP contribution in [0.15, 0.2) is 48.5 Å². The quantitative estimate of drug-likeness (QED) is 0.652. The van der Waals surface area contributed by atoms with Gasteiger partial charge in [-0.1, -0.05) is 69.3 Å². The van der Waals surface area contributed by atoms with E-state index < -0.39 is 29.4 Å². The van der Waals surface area contributed by atoms with E-state index in [0.29, 0.717) is 19.4 Å². The van der Waals surface area contributed by atoms with Crippen molar-refractivity contribution >= 4 is 18.0 Å². The number of likely N-dealkylation sites (tertiary alicyclic amines) is 1. The van der Waals surface area contributed by atoms with Gasteiger partial charge in [0.15, 0.2) is 0 Å². The van der Waals surface area contributed by atoms with Crippen molar-refractivity contribution in [3.63, 3.8) is 0 Å². The number of carbonyl (C=O) groups excluding carboxylic acids is 2. The van der Waals surface area contributed by atoms with Crippen LogP contribution >= 0.6 is 0 Å². The number of fused-ring (bicyclic) bond motifs is 3. The van der Waals surface area contributed by atoms with Gasteiger partial charge in [0, 0.05) is 18.5 Å². The first kappa shape index (κ1) is 24.8. The highest BCUT2D eigenvalue weighted by Gasteiger charge is 2.40. The second-order valence-corrected chi connectivity index (χ2v) is 10.7. The maximum Gasteiger partial charge on any atom is 0.407 e. The number of rotatable bonds is 5. The molecule has 0 unspecified atom stereocenters. The normalized spacial score (nSPS) is 20.5. The highest BCUT2D eigenvalue weighted by molar-refractivity contribution is 5.87. The first-order valence-corrected chi connectivity index (χ1v) is 12.2. The molecule has 3 atom stereocenters. The molecule has 2 aromatic rings. The van der Waals surface area contributed by atoms with Gasteiger partial charge in [0.2, 0.25) is 5.91 Å². The van der Waals surface area contributed by atoms with Crippen LogP contribution in [0, 0.1) is 11.3 Å². The molecule has 1 fully saturated rings. The Morgan fingerprint density at radius 3 is 2.14 bits per heavy atom. The van der Waals surface area contributed by atoms with E-state index in [1.165, 1.54) is 0 Å². The molecule has 186 valence electrons. The molecule has 0 spiro atoms. The number of carbonyl (C=O) groups is 3. The van der Waals surface area contributed by atoms with Crippen LogP contribution in [-0.4, -0.2) is 53.2 Å². The molecule has 1 heterocycles. The van der Waals surface area contributed by atoms with Gasteiger partial charge in [-0.05, 0) is 47.4 Å². The van der Waals surface area contributed by atoms with E-state index >= 15 is 0 Å². The molecule has 35 heavy (non-hydrogen) atoms. The van der Waals surface area contributed by atoms with Crippen molar-refractivity contribution in [3.05, 3.63) is 59.7 Å². The molecule has 2 amide bonds. The van der Waals surface area contributed by atoms with Gasteiger partial charge >= 0.3 is 12.1 Å². The van der Waals surface area contributed by atoms with Gasteiger partial charge in [-0.3, -0.25) is 9.59 Å². The van der Waals surface area contributed by atoms with Gasteiger partial charge in [-0.25, -0.2) is 4.79 Å². The molecule has 4 rings (SSSR count). The lowest BCUT2D eigenvalue weighted by Crippen LogP contribution is -2.58. The monoisotopic (exact) mass is 478 g/mol. The topological polar surface area (TPSA) is 95.9 Å². The van der Waals surface area contributed by atoms with E-state index in [1.54, 1.807) is 4.90 Å². The predicted molar refractivity (Wildman–Crippen MR) is 133 cm³/mol. The van der Waals surface area contributed by atoms with Crippen LogP contribution in [0.4, 0.5) is 4.79 Å². The van der Waals surface area contributed by atoms with Crippen LogP contribution in [0.2, 0.25) is 0 Å². The summed E-state index contributed by atoms with van der Waals surface area (Å²) in [5.41, 5.74) is 4.00. The minimum atomic E-state index is -0.826. The zero-order chi connectivity index (χ0) is 25.3. The molecule has 2 N–H and O–H groups in total. The van der Waals surface area contributed by atoms with Crippen LogP contribution < -0.4 is 5.32 Å². The van der Waals surface area contributed by atoms with Crippen LogP contribution in [0.25, 0.3) is 11.1 Å². The van der Waals surface area contributed by atoms with E-state index in [-0.39, 0.29) is 24.5 Å². The number of carboxylic acid groups (broad SMARTS) is 1. The van der Waals surface area contributed by atoms with E-state index in [4.69, 9.17) is 4.74 Å². The van der Waals surface area contributed by atoms with Crippen LogP contribution in [0.3, 0.4) is 0 Å². The molecular weight excluding hydrogens is 444 g/mol. The fraction of sp³-hybridized carbons (Fsp3) is 0.464. The van der Waals surface area contributed by atoms with Crippen molar-refractivity contribution in [2.75, 3.05) is 13.2 Å². The van der Waals surface area contributed by atoms with E-state index in [2.05, 4.69) is 29.6 Å². The molecule has 0 radical (unpaired) electrons. The molecule has 1 aliphatic carbocycles. The number of nitrogens with zero attached hydrogens (tertiary/aromatic N) is 1. The average molecular weight is 479 g/mol. The predicted octanol–water partition coefficient (Wildman–Crippen LogP) is 4.65. The third-order valence-corrected chi connectivity index (χ3v) is 7.23. The number of amides is 2. The van der Waals surface area contributed by atoms with Gasteiger partial charge in [0.1, 0.15) is 12.6 Å². The summed E-state index contributed by atoms with van der Waals surface area (Å²) in [6.45, 7) is 8.08. The lowest BCUT2D eigenvalue weighted by Gasteiger charge is -2.41. The molecule has 0 bridgehead atoms. The van der Waals surface area contributed by atoms with Gasteiger partial charge in [-0.2, -0.15) is 0 Å². The second kappa shape index (κ2) is 9.72. The summed E-state index contributed by atoms with van der Waals surface area (Å²) in [6, 6.07) is 15.3. The zero-order valence-corrected chi connectivity index (χ0v) is 20.8. The molecule has 0 saturated carbocycles. The number of piperidine rings is 1. The van der Waals surface area contributed by atoms with E-state index in [1.807, 2.05) is 52.0 Å². The SMILES string of the molecule is C[C@H]1C[C@@H](C(=O)O)CCN1C(=O)[C@@H](NC(=O)OCC1c2ccccc2-c2ccccc21)C(C)(C)C. The highest BCUT2D eigenvalue weighted by atomic mass is 16.5. The maximum atomic E-state index is 13.5. The van der Waals surface area contributed by atoms with E-state index in [9.17, 15) is 19.5 Å². The fourth-order valence-corrected chi connectivity index (χ4v) is 5.30. The Morgan fingerprint density at radius 2 is 1.63 bits per heavy atom. The summed E-state index contributed by atoms with van der Waals surface area (Å²) in [5.74, 6) is -1.54.